The van der Waals surface area contributed by atoms with Crippen molar-refractivity contribution < 1.29 is 9.50 Å². The van der Waals surface area contributed by atoms with E-state index in [4.69, 9.17) is 0 Å². The summed E-state index contributed by atoms with van der Waals surface area (Å²) in [5.74, 6) is 6.18. The van der Waals surface area contributed by atoms with Crippen LogP contribution in [0.5, 0.6) is 0 Å². The van der Waals surface area contributed by atoms with Crippen molar-refractivity contribution in [2.24, 2.45) is 0 Å². The molecule has 1 fully saturated rings. The number of pyridine rings is 1. The van der Waals surface area contributed by atoms with Crippen molar-refractivity contribution in [2.45, 2.75) is 25.5 Å². The molecule has 0 aliphatic carbocycles. The van der Waals surface area contributed by atoms with Gasteiger partial charge >= 0.3 is 0 Å². The van der Waals surface area contributed by atoms with Gasteiger partial charge in [-0.25, -0.2) is 14.4 Å². The van der Waals surface area contributed by atoms with Crippen LogP contribution in [0.25, 0.3) is 21.6 Å². The summed E-state index contributed by atoms with van der Waals surface area (Å²) in [5.41, 5.74) is 1.64. The maximum Gasteiger partial charge on any atom is 0.165 e. The molecule has 1 unspecified atom stereocenters. The van der Waals surface area contributed by atoms with E-state index >= 15 is 0 Å². The van der Waals surface area contributed by atoms with Gasteiger partial charge in [-0.3, -0.25) is 4.98 Å². The number of fused-ring (bicyclic) bond motifs is 1. The lowest BCUT2D eigenvalue weighted by molar-refractivity contribution is 0.253. The Kier molecular flexibility index (Phi) is 4.99. The topological polar surface area (TPSA) is 83.0 Å². The molecule has 3 aromatic rings. The molecule has 4 rings (SSSR count). The van der Waals surface area contributed by atoms with Crippen molar-refractivity contribution in [1.29, 1.82) is 0 Å². The third-order valence-corrected chi connectivity index (χ3v) is 5.22. The van der Waals surface area contributed by atoms with Gasteiger partial charge in [-0.05, 0) is 26.0 Å². The normalized spacial score (nSPS) is 17.5. The highest BCUT2D eigenvalue weighted by Crippen LogP contribution is 2.33. The first-order valence-electron chi connectivity index (χ1n) is 8.68. The van der Waals surface area contributed by atoms with Crippen LogP contribution in [0.1, 0.15) is 18.9 Å². The zero-order valence-corrected chi connectivity index (χ0v) is 15.5. The summed E-state index contributed by atoms with van der Waals surface area (Å²) in [7, 11) is 0. The van der Waals surface area contributed by atoms with Gasteiger partial charge in [0.15, 0.2) is 11.6 Å². The predicted octanol–water partition coefficient (Wildman–Crippen LogP) is 2.40. The fraction of sp³-hybridized carbons (Fsp3) is 0.316. The van der Waals surface area contributed by atoms with E-state index in [1.165, 1.54) is 17.5 Å². The fourth-order valence-corrected chi connectivity index (χ4v) is 3.82. The second-order valence-corrected chi connectivity index (χ2v) is 7.24. The lowest BCUT2D eigenvalue weighted by Gasteiger charge is -2.14. The van der Waals surface area contributed by atoms with Crippen LogP contribution >= 0.6 is 11.3 Å². The molecule has 1 aliphatic heterocycles. The van der Waals surface area contributed by atoms with Crippen molar-refractivity contribution in [2.75, 3.05) is 18.4 Å². The third kappa shape index (κ3) is 3.76. The van der Waals surface area contributed by atoms with Crippen LogP contribution in [0.15, 0.2) is 23.8 Å². The molecule has 1 saturated heterocycles. The summed E-state index contributed by atoms with van der Waals surface area (Å²) in [6.45, 7) is 3.41. The van der Waals surface area contributed by atoms with E-state index in [2.05, 4.69) is 37.4 Å². The molecule has 1 aliphatic rings. The number of nitrogens with one attached hydrogen (secondary N) is 2. The Balaban J connectivity index is 1.86. The molecule has 0 radical (unpaired) electrons. The van der Waals surface area contributed by atoms with Crippen LogP contribution in [0.2, 0.25) is 0 Å². The van der Waals surface area contributed by atoms with Crippen LogP contribution in [0.3, 0.4) is 0 Å². The van der Waals surface area contributed by atoms with E-state index in [9.17, 15) is 9.50 Å². The number of halogens is 1. The molecule has 0 aromatic carbocycles. The summed E-state index contributed by atoms with van der Waals surface area (Å²) in [6, 6.07) is 1.82. The molecule has 0 bridgehead atoms. The van der Waals surface area contributed by atoms with Gasteiger partial charge in [-0.1, -0.05) is 11.8 Å². The van der Waals surface area contributed by atoms with Crippen molar-refractivity contribution in [3.63, 3.8) is 0 Å². The Morgan fingerprint density at radius 3 is 3.07 bits per heavy atom. The lowest BCUT2D eigenvalue weighted by atomic mass is 10.2. The van der Waals surface area contributed by atoms with E-state index in [0.717, 1.165) is 30.4 Å². The fourth-order valence-electron chi connectivity index (χ4n) is 2.94. The van der Waals surface area contributed by atoms with Gasteiger partial charge < -0.3 is 15.7 Å². The predicted molar refractivity (Wildman–Crippen MR) is 104 cm³/mol. The van der Waals surface area contributed by atoms with E-state index in [-0.39, 0.29) is 11.9 Å². The highest BCUT2D eigenvalue weighted by molar-refractivity contribution is 7.18. The molecule has 8 heteroatoms. The first-order valence-corrected chi connectivity index (χ1v) is 9.56. The molecular formula is C19H18FN5OS. The zero-order chi connectivity index (χ0) is 18.8. The average molecular weight is 383 g/mol. The number of hydrogen-bond donors (Lipinski definition) is 3. The second-order valence-electron chi connectivity index (χ2n) is 6.36. The number of thiophene rings is 1. The summed E-state index contributed by atoms with van der Waals surface area (Å²) in [5, 5.41) is 18.1. The Morgan fingerprint density at radius 2 is 2.33 bits per heavy atom. The molecule has 0 saturated carbocycles. The van der Waals surface area contributed by atoms with Crippen molar-refractivity contribution in [3.8, 4) is 23.2 Å². The van der Waals surface area contributed by atoms with Gasteiger partial charge in [0.25, 0.3) is 0 Å². The minimum atomic E-state index is -0.735. The number of rotatable bonds is 3. The number of aliphatic hydroxyl groups is 1. The zero-order valence-electron chi connectivity index (χ0n) is 14.7. The lowest BCUT2D eigenvalue weighted by Crippen LogP contribution is -2.23. The molecule has 4 heterocycles. The van der Waals surface area contributed by atoms with E-state index < -0.39 is 11.9 Å². The number of aromatic nitrogens is 3. The van der Waals surface area contributed by atoms with Gasteiger partial charge in [0.05, 0.1) is 22.0 Å². The van der Waals surface area contributed by atoms with Crippen LogP contribution in [-0.4, -0.2) is 45.3 Å². The largest absolute Gasteiger partial charge is 0.381 e. The molecule has 138 valence electrons. The Bertz CT molecular complexity index is 1030. The van der Waals surface area contributed by atoms with Gasteiger partial charge in [0.2, 0.25) is 0 Å². The van der Waals surface area contributed by atoms with E-state index in [0.29, 0.717) is 22.5 Å². The smallest absolute Gasteiger partial charge is 0.165 e. The quantitative estimate of drug-likeness (QED) is 0.603. The number of hydrogen-bond acceptors (Lipinski definition) is 7. The minimum absolute atomic E-state index is 0.257. The van der Waals surface area contributed by atoms with Crippen LogP contribution < -0.4 is 10.6 Å². The summed E-state index contributed by atoms with van der Waals surface area (Å²) >= 11 is 1.49. The molecule has 0 amide bonds. The van der Waals surface area contributed by atoms with Gasteiger partial charge in [0, 0.05) is 24.2 Å². The average Bonchev–Trinajstić information content (AvgIpc) is 3.30. The van der Waals surface area contributed by atoms with E-state index in [1.807, 2.05) is 5.38 Å². The van der Waals surface area contributed by atoms with Crippen molar-refractivity contribution >= 4 is 27.4 Å². The number of aliphatic hydroxyl groups excluding tert-OH is 1. The Hall–Kier alpha value is -2.60. The number of anilines is 1. The molecule has 2 atom stereocenters. The number of nitrogens with zero attached hydrogens (tertiary/aromatic N) is 3. The monoisotopic (exact) mass is 383 g/mol. The first-order chi connectivity index (χ1) is 13.1. The Morgan fingerprint density at radius 1 is 1.44 bits per heavy atom. The Labute approximate surface area is 159 Å². The molecule has 6 nitrogen and oxygen atoms in total. The van der Waals surface area contributed by atoms with Crippen molar-refractivity contribution in [3.05, 3.63) is 35.2 Å². The highest BCUT2D eigenvalue weighted by atomic mass is 32.1. The van der Waals surface area contributed by atoms with Gasteiger partial charge in [-0.2, -0.15) is 0 Å². The highest BCUT2D eigenvalue weighted by Gasteiger charge is 2.20. The SMILES string of the molecule is CC(O)C#Cc1csc2c(N[C@@H]3CCNC3)nc(-c3ccncc3F)nc12. The molecule has 3 N–H and O–H groups in total. The van der Waals surface area contributed by atoms with E-state index in [1.54, 1.807) is 13.0 Å². The maximum absolute atomic E-state index is 14.3. The summed E-state index contributed by atoms with van der Waals surface area (Å²) < 4.78 is 15.1. The van der Waals surface area contributed by atoms with Crippen LogP contribution in [0, 0.1) is 17.7 Å². The maximum atomic E-state index is 14.3. The van der Waals surface area contributed by atoms with Gasteiger partial charge in [0.1, 0.15) is 17.4 Å². The molecule has 0 spiro atoms. The summed E-state index contributed by atoms with van der Waals surface area (Å²) in [4.78, 5) is 13.0. The van der Waals surface area contributed by atoms with Crippen LogP contribution in [0.4, 0.5) is 10.2 Å². The molecule has 27 heavy (non-hydrogen) atoms. The minimum Gasteiger partial charge on any atom is -0.381 e. The third-order valence-electron chi connectivity index (χ3n) is 4.25. The first kappa shape index (κ1) is 17.8. The molecule has 3 aromatic heterocycles. The van der Waals surface area contributed by atoms with Crippen LogP contribution in [-0.2, 0) is 0 Å². The second kappa shape index (κ2) is 7.56. The summed E-state index contributed by atoms with van der Waals surface area (Å²) in [6.07, 6.45) is 2.92. The van der Waals surface area contributed by atoms with Crippen molar-refractivity contribution in [1.82, 2.24) is 20.3 Å². The van der Waals surface area contributed by atoms with Gasteiger partial charge in [-0.15, -0.1) is 11.3 Å². The standard InChI is InChI=1S/C19H18FN5OS/c1-11(26)2-3-12-10-27-17-16(12)24-18(14-5-7-22-9-15(14)20)25-19(17)23-13-4-6-21-8-13/h5,7,9-11,13,21,26H,4,6,8H2,1H3,(H,23,24,25)/t11?,13-/m1/s1. The molecular weight excluding hydrogens is 365 g/mol.